The van der Waals surface area contributed by atoms with E-state index in [2.05, 4.69) is 39.4 Å². The van der Waals surface area contributed by atoms with Gasteiger partial charge in [-0.1, -0.05) is 12.1 Å². The van der Waals surface area contributed by atoms with Crippen LogP contribution < -0.4 is 10.2 Å². The van der Waals surface area contributed by atoms with E-state index in [0.717, 1.165) is 38.6 Å². The summed E-state index contributed by atoms with van der Waals surface area (Å²) in [4.78, 5) is 4.90. The molecule has 1 aromatic rings. The van der Waals surface area contributed by atoms with Gasteiger partial charge in [0.05, 0.1) is 6.10 Å². The fraction of sp³-hybridized carbons (Fsp3) is 0.714. The van der Waals surface area contributed by atoms with Gasteiger partial charge in [0, 0.05) is 31.9 Å². The van der Waals surface area contributed by atoms with Gasteiger partial charge in [0.2, 0.25) is 0 Å². The summed E-state index contributed by atoms with van der Waals surface area (Å²) in [6.07, 6.45) is 6.33. The molecular weight excluding hydrogens is 310 g/mol. The van der Waals surface area contributed by atoms with Gasteiger partial charge in [-0.3, -0.25) is 0 Å². The number of likely N-dealkylation sites (tertiary alicyclic amines) is 1. The number of β-amino-alcohol motifs (C(OH)–C–C–N with tert-alkyl or cyclic N) is 1. The molecule has 2 saturated heterocycles. The Morgan fingerprint density at radius 2 is 1.72 bits per heavy atom. The fourth-order valence-electron chi connectivity index (χ4n) is 4.14. The van der Waals surface area contributed by atoms with Gasteiger partial charge in [0.25, 0.3) is 0 Å². The monoisotopic (exact) mass is 345 g/mol. The van der Waals surface area contributed by atoms with Gasteiger partial charge < -0.3 is 20.2 Å². The Kier molecular flexibility index (Phi) is 7.14. The number of nitrogens with one attached hydrogen (secondary N) is 1. The molecular formula is C21H35N3O. The predicted molar refractivity (Wildman–Crippen MR) is 105 cm³/mol. The number of anilines is 1. The van der Waals surface area contributed by atoms with E-state index in [0.29, 0.717) is 0 Å². The second kappa shape index (κ2) is 9.56. The van der Waals surface area contributed by atoms with Gasteiger partial charge in [-0.25, -0.2) is 0 Å². The summed E-state index contributed by atoms with van der Waals surface area (Å²) >= 11 is 0. The molecule has 2 heterocycles. The maximum absolute atomic E-state index is 9.48. The highest BCUT2D eigenvalue weighted by Crippen LogP contribution is 2.20. The normalized spacial score (nSPS) is 21.4. The van der Waals surface area contributed by atoms with Crippen molar-refractivity contribution in [3.8, 4) is 0 Å². The number of hydrogen-bond donors (Lipinski definition) is 2. The molecule has 0 aliphatic carbocycles. The smallest absolute Gasteiger partial charge is 0.0639 e. The van der Waals surface area contributed by atoms with Crippen molar-refractivity contribution in [3.63, 3.8) is 0 Å². The van der Waals surface area contributed by atoms with Crippen LogP contribution in [0.5, 0.6) is 0 Å². The molecule has 0 aromatic heterocycles. The first kappa shape index (κ1) is 18.7. The first-order valence-corrected chi connectivity index (χ1v) is 10.2. The van der Waals surface area contributed by atoms with E-state index >= 15 is 0 Å². The van der Waals surface area contributed by atoms with Crippen LogP contribution >= 0.6 is 0 Å². The van der Waals surface area contributed by atoms with Crippen LogP contribution in [0.2, 0.25) is 0 Å². The third-order valence-corrected chi connectivity index (χ3v) is 5.65. The summed E-state index contributed by atoms with van der Waals surface area (Å²) in [5.74, 6) is 0.776. The molecule has 0 amide bonds. The predicted octanol–water partition coefficient (Wildman–Crippen LogP) is 2.86. The van der Waals surface area contributed by atoms with Crippen LogP contribution in [0.1, 0.15) is 44.6 Å². The summed E-state index contributed by atoms with van der Waals surface area (Å²) in [5, 5.41) is 13.1. The van der Waals surface area contributed by atoms with E-state index in [1.807, 2.05) is 6.92 Å². The number of aliphatic hydroxyl groups is 1. The summed E-state index contributed by atoms with van der Waals surface area (Å²) in [5.41, 5.74) is 2.77. The highest BCUT2D eigenvalue weighted by atomic mass is 16.3. The molecule has 3 rings (SSSR count). The number of rotatable bonds is 7. The number of piperidine rings is 2. The first-order chi connectivity index (χ1) is 12.2. The van der Waals surface area contributed by atoms with Crippen LogP contribution in [0.4, 0.5) is 5.69 Å². The van der Waals surface area contributed by atoms with Crippen molar-refractivity contribution < 1.29 is 5.11 Å². The number of aliphatic hydroxyl groups excluding tert-OH is 1. The zero-order valence-electron chi connectivity index (χ0n) is 15.8. The minimum absolute atomic E-state index is 0.206. The zero-order chi connectivity index (χ0) is 17.5. The fourth-order valence-corrected chi connectivity index (χ4v) is 4.14. The molecule has 0 saturated carbocycles. The standard InChI is InChI=1S/C21H35N3O/c1-18(25)17-23-13-9-20(10-14-23)16-22-15-19-5-7-21(8-6-19)24-11-3-2-4-12-24/h5-8,18,20,22,25H,2-4,9-17H2,1H3. The first-order valence-electron chi connectivity index (χ1n) is 10.2. The van der Waals surface area contributed by atoms with E-state index in [1.54, 1.807) is 0 Å². The molecule has 0 bridgehead atoms. The zero-order valence-corrected chi connectivity index (χ0v) is 15.8. The van der Waals surface area contributed by atoms with Gasteiger partial charge in [-0.05, 0) is 82.3 Å². The second-order valence-electron chi connectivity index (χ2n) is 7.94. The molecule has 2 aliphatic rings. The molecule has 4 heteroatoms. The van der Waals surface area contributed by atoms with Crippen LogP contribution in [-0.2, 0) is 6.54 Å². The molecule has 4 nitrogen and oxygen atoms in total. The van der Waals surface area contributed by atoms with Crippen molar-refractivity contribution in [1.29, 1.82) is 0 Å². The number of hydrogen-bond acceptors (Lipinski definition) is 4. The van der Waals surface area contributed by atoms with Crippen LogP contribution in [-0.4, -0.2) is 55.4 Å². The van der Waals surface area contributed by atoms with Gasteiger partial charge in [0.15, 0.2) is 0 Å². The van der Waals surface area contributed by atoms with Gasteiger partial charge in [-0.2, -0.15) is 0 Å². The minimum Gasteiger partial charge on any atom is -0.392 e. The maximum atomic E-state index is 9.48. The Labute approximate surface area is 153 Å². The highest BCUT2D eigenvalue weighted by molar-refractivity contribution is 5.47. The van der Waals surface area contributed by atoms with Gasteiger partial charge in [0.1, 0.15) is 0 Å². The summed E-state index contributed by atoms with van der Waals surface area (Å²) in [7, 11) is 0. The molecule has 2 N–H and O–H groups in total. The van der Waals surface area contributed by atoms with Gasteiger partial charge in [-0.15, -0.1) is 0 Å². The Morgan fingerprint density at radius 1 is 1.04 bits per heavy atom. The molecule has 1 atom stereocenters. The molecule has 0 radical (unpaired) electrons. The van der Waals surface area contributed by atoms with Gasteiger partial charge >= 0.3 is 0 Å². The third-order valence-electron chi connectivity index (χ3n) is 5.65. The largest absolute Gasteiger partial charge is 0.392 e. The topological polar surface area (TPSA) is 38.7 Å². The van der Waals surface area contributed by atoms with Crippen LogP contribution in [0, 0.1) is 5.92 Å². The number of nitrogens with zero attached hydrogens (tertiary/aromatic N) is 2. The number of benzene rings is 1. The third kappa shape index (κ3) is 5.98. The Balaban J connectivity index is 1.35. The quantitative estimate of drug-likeness (QED) is 0.797. The lowest BCUT2D eigenvalue weighted by Gasteiger charge is -2.32. The van der Waals surface area contributed by atoms with E-state index in [9.17, 15) is 5.11 Å². The average Bonchev–Trinajstić information content (AvgIpc) is 2.64. The van der Waals surface area contributed by atoms with Crippen molar-refractivity contribution in [2.75, 3.05) is 44.2 Å². The Hall–Kier alpha value is -1.10. The molecule has 140 valence electrons. The maximum Gasteiger partial charge on any atom is 0.0639 e. The van der Waals surface area contributed by atoms with Crippen LogP contribution in [0.25, 0.3) is 0 Å². The summed E-state index contributed by atoms with van der Waals surface area (Å²) in [6, 6.07) is 9.14. The average molecular weight is 346 g/mol. The molecule has 1 unspecified atom stereocenters. The molecule has 2 fully saturated rings. The second-order valence-corrected chi connectivity index (χ2v) is 7.94. The van der Waals surface area contributed by atoms with Crippen LogP contribution in [0.15, 0.2) is 24.3 Å². The molecule has 1 aromatic carbocycles. The Morgan fingerprint density at radius 3 is 2.36 bits per heavy atom. The van der Waals surface area contributed by atoms with E-state index < -0.39 is 0 Å². The van der Waals surface area contributed by atoms with Crippen LogP contribution in [0.3, 0.4) is 0 Å². The van der Waals surface area contributed by atoms with E-state index in [4.69, 9.17) is 0 Å². The van der Waals surface area contributed by atoms with Crippen molar-refractivity contribution >= 4 is 5.69 Å². The SMILES string of the molecule is CC(O)CN1CCC(CNCc2ccc(N3CCCCC3)cc2)CC1. The molecule has 2 aliphatic heterocycles. The van der Waals surface area contributed by atoms with Crippen molar-refractivity contribution in [1.82, 2.24) is 10.2 Å². The summed E-state index contributed by atoms with van der Waals surface area (Å²) in [6.45, 7) is 9.46. The lowest BCUT2D eigenvalue weighted by molar-refractivity contribution is 0.0998. The van der Waals surface area contributed by atoms with Crippen molar-refractivity contribution in [2.24, 2.45) is 5.92 Å². The lowest BCUT2D eigenvalue weighted by atomic mass is 9.96. The summed E-state index contributed by atoms with van der Waals surface area (Å²) < 4.78 is 0. The lowest BCUT2D eigenvalue weighted by Crippen LogP contribution is -2.40. The minimum atomic E-state index is -0.206. The van der Waals surface area contributed by atoms with E-state index in [1.165, 1.54) is 56.4 Å². The Bertz CT molecular complexity index is 488. The molecule has 0 spiro atoms. The molecule has 25 heavy (non-hydrogen) atoms. The highest BCUT2D eigenvalue weighted by Gasteiger charge is 2.19. The van der Waals surface area contributed by atoms with E-state index in [-0.39, 0.29) is 6.10 Å². The van der Waals surface area contributed by atoms with Crippen molar-refractivity contribution in [2.45, 2.75) is 51.7 Å². The van der Waals surface area contributed by atoms with Crippen molar-refractivity contribution in [3.05, 3.63) is 29.8 Å².